The summed E-state index contributed by atoms with van der Waals surface area (Å²) in [6.45, 7) is 37.3. The van der Waals surface area contributed by atoms with Crippen LogP contribution in [0.4, 0.5) is 45.5 Å². The van der Waals surface area contributed by atoms with Crippen LogP contribution in [-0.2, 0) is 32.5 Å². The Morgan fingerprint density at radius 2 is 0.975 bits per heavy atom. The Labute approximate surface area is 472 Å². The first kappa shape index (κ1) is 52.5. The van der Waals surface area contributed by atoms with E-state index < -0.39 is 0 Å². The number of furan rings is 1. The van der Waals surface area contributed by atoms with Gasteiger partial charge in [-0.3, -0.25) is 0 Å². The van der Waals surface area contributed by atoms with Gasteiger partial charge in [-0.05, 0) is 180 Å². The Kier molecular flexibility index (Phi) is 12.1. The van der Waals surface area contributed by atoms with Gasteiger partial charge < -0.3 is 19.0 Å². The summed E-state index contributed by atoms with van der Waals surface area (Å²) in [5.74, 6) is 0. The molecule has 0 amide bonds. The highest BCUT2D eigenvalue weighted by Crippen LogP contribution is 2.55. The van der Waals surface area contributed by atoms with Gasteiger partial charge in [-0.1, -0.05) is 196 Å². The van der Waals surface area contributed by atoms with E-state index in [1.165, 1.54) is 72.5 Å². The SMILES string of the molecule is CC(C)(C)c1ccc(N(c2ccc(C(C)(C)C)cc2)c2ccc3c(c2)-c2cc(C(C)(C)C)cc4c2B(c2oc5ccccc5c2N4c2ccc(C(C)(C)C)cc2-c2ccccc2)N3c2ccc3c(c2)C(C)(C)CCC3(C)C)cc1. The molecule has 0 unspecified atom stereocenters. The van der Waals surface area contributed by atoms with Crippen molar-refractivity contribution in [2.24, 2.45) is 0 Å². The quantitative estimate of drug-likeness (QED) is 0.155. The van der Waals surface area contributed by atoms with Crippen molar-refractivity contribution < 1.29 is 4.42 Å². The van der Waals surface area contributed by atoms with E-state index in [-0.39, 0.29) is 39.3 Å². The lowest BCUT2D eigenvalue weighted by atomic mass is 9.45. The van der Waals surface area contributed by atoms with Crippen LogP contribution in [-0.4, -0.2) is 6.85 Å². The molecule has 0 atom stereocenters. The van der Waals surface area contributed by atoms with Crippen LogP contribution in [0.2, 0.25) is 0 Å². The summed E-state index contributed by atoms with van der Waals surface area (Å²) in [5.41, 5.74) is 24.9. The minimum atomic E-state index is -0.297. The normalized spacial score (nSPS) is 15.6. The Morgan fingerprint density at radius 3 is 1.58 bits per heavy atom. The van der Waals surface area contributed by atoms with Gasteiger partial charge in [0.15, 0.2) is 0 Å². The smallest absolute Gasteiger partial charge is 0.375 e. The summed E-state index contributed by atoms with van der Waals surface area (Å²) in [6, 6.07) is 65.2. The van der Waals surface area contributed by atoms with E-state index in [0.717, 1.165) is 63.6 Å². The molecule has 0 saturated carbocycles. The van der Waals surface area contributed by atoms with Gasteiger partial charge in [0, 0.05) is 50.6 Å². The molecular weight excluding hydrogens is 958 g/mol. The second-order valence-corrected chi connectivity index (χ2v) is 28.6. The van der Waals surface area contributed by atoms with E-state index in [9.17, 15) is 0 Å². The highest BCUT2D eigenvalue weighted by atomic mass is 16.3. The van der Waals surface area contributed by atoms with Crippen LogP contribution in [0, 0.1) is 0 Å². The van der Waals surface area contributed by atoms with E-state index in [1.54, 1.807) is 0 Å². The lowest BCUT2D eigenvalue weighted by molar-refractivity contribution is 0.332. The summed E-state index contributed by atoms with van der Waals surface area (Å²) < 4.78 is 7.52. The summed E-state index contributed by atoms with van der Waals surface area (Å²) in [5, 5.41) is 1.10. The average molecular weight is 1040 g/mol. The molecular formula is C74H80BN3O. The van der Waals surface area contributed by atoms with E-state index in [2.05, 4.69) is 295 Å². The molecule has 9 aromatic rings. The Balaban J connectivity index is 1.20. The number of anilines is 8. The third kappa shape index (κ3) is 8.91. The first-order chi connectivity index (χ1) is 37.2. The standard InChI is InChI=1S/C74H80BN3O/c1-69(2,3)48-26-31-52(32-27-48)76(53-33-28-49(29-34-53)70(4,5)6)54-36-39-63-58(45-54)59-43-51(72(10,11)12)44-64-66(59)75(78(63)55-35-37-60-61(46-55)74(15,16)41-40-73(60,13)14)68-67(56-24-20-21-25-65(56)79-68)77(64)62-38-30-50(71(7,8)9)42-57(62)47-22-18-17-19-23-47/h17-39,42-46H,40-41H2,1-16H3. The van der Waals surface area contributed by atoms with Crippen LogP contribution in [0.25, 0.3) is 33.2 Å². The highest BCUT2D eigenvalue weighted by Gasteiger charge is 2.50. The molecule has 3 heterocycles. The number of rotatable bonds is 6. The van der Waals surface area contributed by atoms with Crippen molar-refractivity contribution in [3.63, 3.8) is 0 Å². The number of fused-ring (bicyclic) bond motifs is 7. The van der Waals surface area contributed by atoms with Gasteiger partial charge in [0.1, 0.15) is 11.2 Å². The predicted molar refractivity (Wildman–Crippen MR) is 340 cm³/mol. The monoisotopic (exact) mass is 1040 g/mol. The number of para-hydroxylation sites is 1. The average Bonchev–Trinajstić information content (AvgIpc) is 2.81. The van der Waals surface area contributed by atoms with Gasteiger partial charge >= 0.3 is 6.85 Å². The molecule has 79 heavy (non-hydrogen) atoms. The maximum absolute atomic E-state index is 7.52. The third-order valence-corrected chi connectivity index (χ3v) is 17.9. The first-order valence-corrected chi connectivity index (χ1v) is 29.0. The molecule has 1 aromatic heterocycles. The molecule has 0 fully saturated rings. The predicted octanol–water partition coefficient (Wildman–Crippen LogP) is 19.8. The molecule has 8 aromatic carbocycles. The molecule has 400 valence electrons. The minimum Gasteiger partial charge on any atom is -0.466 e. The zero-order valence-electron chi connectivity index (χ0n) is 49.9. The minimum absolute atomic E-state index is 0.000533. The van der Waals surface area contributed by atoms with Crippen molar-refractivity contribution >= 4 is 74.4 Å². The molecule has 0 radical (unpaired) electrons. The Hall–Kier alpha value is -7.24. The summed E-state index contributed by atoms with van der Waals surface area (Å²) in [6.07, 6.45) is 2.29. The summed E-state index contributed by atoms with van der Waals surface area (Å²) >= 11 is 0. The zero-order chi connectivity index (χ0) is 55.9. The largest absolute Gasteiger partial charge is 0.466 e. The van der Waals surface area contributed by atoms with Crippen LogP contribution in [0.1, 0.15) is 157 Å². The van der Waals surface area contributed by atoms with E-state index in [4.69, 9.17) is 4.42 Å². The lowest BCUT2D eigenvalue weighted by Crippen LogP contribution is -2.61. The van der Waals surface area contributed by atoms with Crippen molar-refractivity contribution in [3.8, 4) is 22.3 Å². The van der Waals surface area contributed by atoms with Gasteiger partial charge in [0.2, 0.25) is 0 Å². The molecule has 0 bridgehead atoms. The first-order valence-electron chi connectivity index (χ1n) is 29.0. The molecule has 1 aliphatic carbocycles. The topological polar surface area (TPSA) is 22.9 Å². The maximum atomic E-state index is 7.52. The number of benzene rings is 8. The van der Waals surface area contributed by atoms with Crippen molar-refractivity contribution in [2.75, 3.05) is 14.6 Å². The second kappa shape index (κ2) is 18.1. The maximum Gasteiger partial charge on any atom is 0.375 e. The van der Waals surface area contributed by atoms with Crippen molar-refractivity contribution in [1.29, 1.82) is 0 Å². The summed E-state index contributed by atoms with van der Waals surface area (Å²) in [4.78, 5) is 7.71. The second-order valence-electron chi connectivity index (χ2n) is 28.6. The number of nitrogens with zero attached hydrogens (tertiary/aromatic N) is 3. The van der Waals surface area contributed by atoms with Crippen molar-refractivity contribution in [3.05, 3.63) is 203 Å². The third-order valence-electron chi connectivity index (χ3n) is 17.9. The molecule has 0 N–H and O–H groups in total. The van der Waals surface area contributed by atoms with Crippen LogP contribution < -0.4 is 25.7 Å². The van der Waals surface area contributed by atoms with Gasteiger partial charge in [-0.25, -0.2) is 0 Å². The molecule has 0 spiro atoms. The Morgan fingerprint density at radius 1 is 0.443 bits per heavy atom. The molecule has 5 heteroatoms. The zero-order valence-corrected chi connectivity index (χ0v) is 49.9. The Bertz CT molecular complexity index is 3770. The molecule has 0 saturated heterocycles. The van der Waals surface area contributed by atoms with Gasteiger partial charge in [0.25, 0.3) is 0 Å². The van der Waals surface area contributed by atoms with Crippen LogP contribution >= 0.6 is 0 Å². The fraction of sp³-hybridized carbons (Fsp3) is 0.324. The van der Waals surface area contributed by atoms with Crippen molar-refractivity contribution in [1.82, 2.24) is 0 Å². The van der Waals surface area contributed by atoms with Gasteiger partial charge in [-0.2, -0.15) is 0 Å². The van der Waals surface area contributed by atoms with E-state index >= 15 is 0 Å². The molecule has 3 aliphatic rings. The molecule has 4 nitrogen and oxygen atoms in total. The fourth-order valence-electron chi connectivity index (χ4n) is 12.9. The van der Waals surface area contributed by atoms with Gasteiger partial charge in [0.05, 0.1) is 11.4 Å². The number of hydrogen-bond acceptors (Lipinski definition) is 4. The lowest BCUT2D eigenvalue weighted by Gasteiger charge is -2.46. The van der Waals surface area contributed by atoms with E-state index in [0.29, 0.717) is 0 Å². The molecule has 2 aliphatic heterocycles. The van der Waals surface area contributed by atoms with Gasteiger partial charge in [-0.15, -0.1) is 0 Å². The highest BCUT2D eigenvalue weighted by molar-refractivity contribution is 6.93. The molecule has 12 rings (SSSR count). The van der Waals surface area contributed by atoms with Crippen LogP contribution in [0.3, 0.4) is 0 Å². The summed E-state index contributed by atoms with van der Waals surface area (Å²) in [7, 11) is 0. The van der Waals surface area contributed by atoms with Crippen LogP contribution in [0.5, 0.6) is 0 Å². The fourth-order valence-corrected chi connectivity index (χ4v) is 12.9. The number of hydrogen-bond donors (Lipinski definition) is 0. The van der Waals surface area contributed by atoms with E-state index in [1.807, 2.05) is 0 Å². The van der Waals surface area contributed by atoms with Crippen LogP contribution in [0.15, 0.2) is 174 Å². The van der Waals surface area contributed by atoms with Crippen molar-refractivity contribution in [2.45, 2.75) is 156 Å².